The van der Waals surface area contributed by atoms with E-state index in [0.29, 0.717) is 11.3 Å². The molecule has 90 valence electrons. The van der Waals surface area contributed by atoms with Crippen molar-refractivity contribution in [3.8, 4) is 5.75 Å². The Kier molecular flexibility index (Phi) is 4.35. The third-order valence-electron chi connectivity index (χ3n) is 1.81. The van der Waals surface area contributed by atoms with E-state index in [2.05, 4.69) is 17.4 Å². The summed E-state index contributed by atoms with van der Waals surface area (Å²) in [6.07, 6.45) is -4.75. The number of ether oxygens (including phenoxy) is 1. The predicted molar refractivity (Wildman–Crippen MR) is 58.9 cm³/mol. The van der Waals surface area contributed by atoms with Gasteiger partial charge in [0.2, 0.25) is 0 Å². The molecular weight excluding hydrogens is 263 g/mol. The van der Waals surface area contributed by atoms with Crippen molar-refractivity contribution in [2.45, 2.75) is 12.4 Å². The van der Waals surface area contributed by atoms with Gasteiger partial charge in [0.1, 0.15) is 5.75 Å². The summed E-state index contributed by atoms with van der Waals surface area (Å²) in [5.74, 6) is -0.0696. The molecule has 0 aromatic heterocycles. The molecule has 0 aliphatic carbocycles. The molecule has 1 atom stereocenters. The molecule has 0 heterocycles. The van der Waals surface area contributed by atoms with E-state index in [1.54, 1.807) is 0 Å². The topological polar surface area (TPSA) is 35.2 Å². The lowest BCUT2D eigenvalue weighted by molar-refractivity contribution is -0.274. The number of benzene rings is 1. The molecule has 0 saturated heterocycles. The lowest BCUT2D eigenvalue weighted by atomic mass is 10.1. The lowest BCUT2D eigenvalue weighted by Crippen LogP contribution is -2.17. The van der Waals surface area contributed by atoms with Crippen molar-refractivity contribution in [3.63, 3.8) is 0 Å². The summed E-state index contributed by atoms with van der Waals surface area (Å²) in [5, 5.41) is -0.132. The average molecular weight is 272 g/mol. The van der Waals surface area contributed by atoms with Gasteiger partial charge >= 0.3 is 6.36 Å². The van der Waals surface area contributed by atoms with E-state index in [1.807, 2.05) is 0 Å². The summed E-state index contributed by atoms with van der Waals surface area (Å²) in [6, 6.07) is 3.52. The Balaban J connectivity index is 2.92. The maximum absolute atomic E-state index is 11.9. The molecule has 1 unspecified atom stereocenters. The van der Waals surface area contributed by atoms with Crippen LogP contribution in [0.2, 0.25) is 5.02 Å². The Morgan fingerprint density at radius 2 is 2.06 bits per heavy atom. The summed E-state index contributed by atoms with van der Waals surface area (Å²) >= 11 is 9.61. The van der Waals surface area contributed by atoms with Gasteiger partial charge in [-0.05, 0) is 17.7 Å². The highest BCUT2D eigenvalue weighted by molar-refractivity contribution is 7.80. The number of halogens is 4. The molecule has 0 saturated carbocycles. The fourth-order valence-electron chi connectivity index (χ4n) is 1.06. The molecule has 0 aliphatic rings. The monoisotopic (exact) mass is 271 g/mol. The SMILES string of the molecule is NC(CS)c1ccc(OC(F)(F)F)c(Cl)c1. The Morgan fingerprint density at radius 3 is 2.50 bits per heavy atom. The van der Waals surface area contributed by atoms with E-state index in [4.69, 9.17) is 17.3 Å². The standard InChI is InChI=1S/C9H9ClF3NOS/c10-6-3-5(7(14)4-16)1-2-8(6)15-9(11,12)13/h1-3,7,16H,4,14H2. The third kappa shape index (κ3) is 3.77. The molecule has 0 amide bonds. The predicted octanol–water partition coefficient (Wildman–Crippen LogP) is 3.17. The zero-order chi connectivity index (χ0) is 12.3. The minimum Gasteiger partial charge on any atom is -0.404 e. The molecule has 2 N–H and O–H groups in total. The third-order valence-corrected chi connectivity index (χ3v) is 2.50. The number of hydrogen-bond donors (Lipinski definition) is 2. The zero-order valence-electron chi connectivity index (χ0n) is 7.96. The molecule has 1 aromatic rings. The molecule has 0 bridgehead atoms. The van der Waals surface area contributed by atoms with E-state index in [0.717, 1.165) is 6.07 Å². The van der Waals surface area contributed by atoms with E-state index < -0.39 is 12.1 Å². The van der Waals surface area contributed by atoms with Crippen LogP contribution in [0.25, 0.3) is 0 Å². The van der Waals surface area contributed by atoms with Crippen molar-refractivity contribution < 1.29 is 17.9 Å². The summed E-state index contributed by atoms with van der Waals surface area (Å²) in [6.45, 7) is 0. The van der Waals surface area contributed by atoms with Gasteiger partial charge in [0.15, 0.2) is 0 Å². The van der Waals surface area contributed by atoms with Crippen molar-refractivity contribution in [3.05, 3.63) is 28.8 Å². The lowest BCUT2D eigenvalue weighted by Gasteiger charge is -2.13. The summed E-state index contributed by atoms with van der Waals surface area (Å²) in [7, 11) is 0. The average Bonchev–Trinajstić information content (AvgIpc) is 2.18. The van der Waals surface area contributed by atoms with E-state index in [9.17, 15) is 13.2 Å². The Morgan fingerprint density at radius 1 is 1.44 bits per heavy atom. The van der Waals surface area contributed by atoms with Crippen LogP contribution < -0.4 is 10.5 Å². The molecule has 0 fully saturated rings. The van der Waals surface area contributed by atoms with Gasteiger partial charge in [-0.3, -0.25) is 0 Å². The van der Waals surface area contributed by atoms with Crippen molar-refractivity contribution in [2.24, 2.45) is 5.73 Å². The Labute approximate surface area is 101 Å². The van der Waals surface area contributed by atoms with Crippen LogP contribution in [-0.4, -0.2) is 12.1 Å². The van der Waals surface area contributed by atoms with Crippen molar-refractivity contribution in [2.75, 3.05) is 5.75 Å². The van der Waals surface area contributed by atoms with Crippen LogP contribution in [0.3, 0.4) is 0 Å². The summed E-state index contributed by atoms with van der Waals surface area (Å²) in [4.78, 5) is 0. The molecular formula is C9H9ClF3NOS. The number of alkyl halides is 3. The molecule has 0 aliphatic heterocycles. The molecule has 1 rings (SSSR count). The largest absolute Gasteiger partial charge is 0.573 e. The van der Waals surface area contributed by atoms with Gasteiger partial charge in [0.25, 0.3) is 0 Å². The van der Waals surface area contributed by atoms with E-state index >= 15 is 0 Å². The van der Waals surface area contributed by atoms with Crippen molar-refractivity contribution >= 4 is 24.2 Å². The maximum atomic E-state index is 11.9. The number of rotatable bonds is 3. The fraction of sp³-hybridized carbons (Fsp3) is 0.333. The normalized spacial score (nSPS) is 13.6. The highest BCUT2D eigenvalue weighted by atomic mass is 35.5. The summed E-state index contributed by atoms with van der Waals surface area (Å²) < 4.78 is 39.5. The Bertz CT molecular complexity index is 372. The number of hydrogen-bond acceptors (Lipinski definition) is 3. The molecule has 1 aromatic carbocycles. The van der Waals surface area contributed by atoms with Gasteiger partial charge < -0.3 is 10.5 Å². The minimum atomic E-state index is -4.75. The second-order valence-electron chi connectivity index (χ2n) is 3.03. The minimum absolute atomic E-state index is 0.132. The van der Waals surface area contributed by atoms with E-state index in [-0.39, 0.29) is 11.1 Å². The van der Waals surface area contributed by atoms with Crippen LogP contribution in [0, 0.1) is 0 Å². The molecule has 2 nitrogen and oxygen atoms in total. The van der Waals surface area contributed by atoms with Gasteiger partial charge in [-0.15, -0.1) is 13.2 Å². The first-order valence-electron chi connectivity index (χ1n) is 4.25. The van der Waals surface area contributed by atoms with Crippen LogP contribution in [0.4, 0.5) is 13.2 Å². The first kappa shape index (κ1) is 13.5. The molecule has 0 spiro atoms. The fourth-order valence-corrected chi connectivity index (χ4v) is 1.50. The number of nitrogens with two attached hydrogens (primary N) is 1. The highest BCUT2D eigenvalue weighted by Crippen LogP contribution is 2.31. The van der Waals surface area contributed by atoms with Crippen molar-refractivity contribution in [1.29, 1.82) is 0 Å². The van der Waals surface area contributed by atoms with Gasteiger partial charge in [-0.2, -0.15) is 12.6 Å². The quantitative estimate of drug-likeness (QED) is 0.829. The molecule has 0 radical (unpaired) electrons. The van der Waals surface area contributed by atoms with Crippen LogP contribution in [0.1, 0.15) is 11.6 Å². The maximum Gasteiger partial charge on any atom is 0.573 e. The summed E-state index contributed by atoms with van der Waals surface area (Å²) in [5.41, 5.74) is 6.25. The van der Waals surface area contributed by atoms with E-state index in [1.165, 1.54) is 12.1 Å². The van der Waals surface area contributed by atoms with Gasteiger partial charge in [-0.25, -0.2) is 0 Å². The Hall–Kier alpha value is -0.590. The second kappa shape index (κ2) is 5.16. The smallest absolute Gasteiger partial charge is 0.404 e. The van der Waals surface area contributed by atoms with Gasteiger partial charge in [-0.1, -0.05) is 17.7 Å². The van der Waals surface area contributed by atoms with Crippen LogP contribution >= 0.6 is 24.2 Å². The highest BCUT2D eigenvalue weighted by Gasteiger charge is 2.32. The first-order valence-corrected chi connectivity index (χ1v) is 5.26. The zero-order valence-corrected chi connectivity index (χ0v) is 9.61. The van der Waals surface area contributed by atoms with Gasteiger partial charge in [0, 0.05) is 11.8 Å². The first-order chi connectivity index (χ1) is 7.33. The second-order valence-corrected chi connectivity index (χ2v) is 3.80. The molecule has 16 heavy (non-hydrogen) atoms. The van der Waals surface area contributed by atoms with Crippen LogP contribution in [0.5, 0.6) is 5.75 Å². The van der Waals surface area contributed by atoms with Crippen molar-refractivity contribution in [1.82, 2.24) is 0 Å². The van der Waals surface area contributed by atoms with Gasteiger partial charge in [0.05, 0.1) is 5.02 Å². The van der Waals surface area contributed by atoms with Crippen LogP contribution in [-0.2, 0) is 0 Å². The van der Waals surface area contributed by atoms with Crippen LogP contribution in [0.15, 0.2) is 18.2 Å². The number of thiol groups is 1. The molecule has 7 heteroatoms.